The molecule has 0 aromatic heterocycles. The third kappa shape index (κ3) is 3.45. The van der Waals surface area contributed by atoms with Crippen molar-refractivity contribution in [2.24, 2.45) is 5.92 Å². The molecule has 1 atom stereocenters. The third-order valence-electron chi connectivity index (χ3n) is 1.42. The van der Waals surface area contributed by atoms with Gasteiger partial charge < -0.3 is 0 Å². The Kier molecular flexibility index (Phi) is 4.94. The van der Waals surface area contributed by atoms with Crippen molar-refractivity contribution in [3.8, 4) is 0 Å². The van der Waals surface area contributed by atoms with Crippen LogP contribution < -0.4 is 10.9 Å². The SMILES string of the molecule is CCCC(C)C(=O)NNC. The number of hydrazine groups is 1. The molecule has 0 heterocycles. The van der Waals surface area contributed by atoms with E-state index >= 15 is 0 Å². The van der Waals surface area contributed by atoms with E-state index in [2.05, 4.69) is 17.8 Å². The Labute approximate surface area is 62.2 Å². The van der Waals surface area contributed by atoms with E-state index in [1.807, 2.05) is 6.92 Å². The van der Waals surface area contributed by atoms with Gasteiger partial charge in [0.05, 0.1) is 0 Å². The first-order valence-corrected chi connectivity index (χ1v) is 3.69. The van der Waals surface area contributed by atoms with Gasteiger partial charge in [-0.25, -0.2) is 5.43 Å². The fraction of sp³-hybridized carbons (Fsp3) is 0.857. The summed E-state index contributed by atoms with van der Waals surface area (Å²) in [5, 5.41) is 0. The van der Waals surface area contributed by atoms with Gasteiger partial charge in [-0.3, -0.25) is 10.2 Å². The van der Waals surface area contributed by atoms with Crippen LogP contribution in [0.3, 0.4) is 0 Å². The molecule has 0 aromatic rings. The lowest BCUT2D eigenvalue weighted by Crippen LogP contribution is -2.37. The number of carbonyl (C=O) groups is 1. The first-order chi connectivity index (χ1) is 4.72. The van der Waals surface area contributed by atoms with Gasteiger partial charge in [-0.1, -0.05) is 20.3 Å². The fourth-order valence-corrected chi connectivity index (χ4v) is 0.811. The molecule has 0 aliphatic heterocycles. The highest BCUT2D eigenvalue weighted by Crippen LogP contribution is 2.03. The van der Waals surface area contributed by atoms with Crippen molar-refractivity contribution in [3.05, 3.63) is 0 Å². The Balaban J connectivity index is 3.49. The Morgan fingerprint density at radius 2 is 2.20 bits per heavy atom. The van der Waals surface area contributed by atoms with Crippen LogP contribution in [0, 0.1) is 5.92 Å². The van der Waals surface area contributed by atoms with Crippen LogP contribution in [0.4, 0.5) is 0 Å². The summed E-state index contributed by atoms with van der Waals surface area (Å²) < 4.78 is 0. The summed E-state index contributed by atoms with van der Waals surface area (Å²) in [6.45, 7) is 4.00. The summed E-state index contributed by atoms with van der Waals surface area (Å²) in [6.07, 6.45) is 2.01. The molecule has 1 amide bonds. The van der Waals surface area contributed by atoms with Gasteiger partial charge in [-0.2, -0.15) is 0 Å². The van der Waals surface area contributed by atoms with Crippen LogP contribution in [0.2, 0.25) is 0 Å². The van der Waals surface area contributed by atoms with Crippen LogP contribution in [-0.2, 0) is 4.79 Å². The molecule has 3 heteroatoms. The molecule has 0 radical (unpaired) electrons. The molecule has 0 aliphatic carbocycles. The molecule has 0 spiro atoms. The van der Waals surface area contributed by atoms with Crippen molar-refractivity contribution in [1.29, 1.82) is 0 Å². The van der Waals surface area contributed by atoms with Crippen molar-refractivity contribution in [2.75, 3.05) is 7.05 Å². The standard InChI is InChI=1S/C7H16N2O/c1-4-5-6(2)7(10)9-8-3/h6,8H,4-5H2,1-3H3,(H,9,10). The lowest BCUT2D eigenvalue weighted by molar-refractivity contribution is -0.125. The zero-order valence-corrected chi connectivity index (χ0v) is 6.90. The Morgan fingerprint density at radius 1 is 1.60 bits per heavy atom. The predicted octanol–water partition coefficient (Wildman–Crippen LogP) is 0.673. The minimum absolute atomic E-state index is 0.0735. The van der Waals surface area contributed by atoms with Gasteiger partial charge in [0.2, 0.25) is 5.91 Å². The molecule has 60 valence electrons. The van der Waals surface area contributed by atoms with E-state index in [0.717, 1.165) is 12.8 Å². The van der Waals surface area contributed by atoms with Gasteiger partial charge in [0.15, 0.2) is 0 Å². The maximum Gasteiger partial charge on any atom is 0.236 e. The zero-order chi connectivity index (χ0) is 7.98. The number of amides is 1. The highest BCUT2D eigenvalue weighted by Gasteiger charge is 2.09. The average molecular weight is 144 g/mol. The average Bonchev–Trinajstić information content (AvgIpc) is 1.89. The van der Waals surface area contributed by atoms with Crippen molar-refractivity contribution >= 4 is 5.91 Å². The Hall–Kier alpha value is -0.570. The monoisotopic (exact) mass is 144 g/mol. The number of carbonyl (C=O) groups excluding carboxylic acids is 1. The van der Waals surface area contributed by atoms with Crippen LogP contribution in [0.25, 0.3) is 0 Å². The van der Waals surface area contributed by atoms with Gasteiger partial charge in [0, 0.05) is 13.0 Å². The molecule has 2 N–H and O–H groups in total. The van der Waals surface area contributed by atoms with E-state index in [4.69, 9.17) is 0 Å². The minimum Gasteiger partial charge on any atom is -0.292 e. The first-order valence-electron chi connectivity index (χ1n) is 3.69. The molecule has 0 rings (SSSR count). The largest absolute Gasteiger partial charge is 0.292 e. The smallest absolute Gasteiger partial charge is 0.236 e. The summed E-state index contributed by atoms with van der Waals surface area (Å²) >= 11 is 0. The van der Waals surface area contributed by atoms with E-state index in [0.29, 0.717) is 0 Å². The predicted molar refractivity (Wildman–Crippen MR) is 41.3 cm³/mol. The summed E-state index contributed by atoms with van der Waals surface area (Å²) in [5.41, 5.74) is 5.15. The maximum absolute atomic E-state index is 11.0. The maximum atomic E-state index is 11.0. The number of hydrogen-bond acceptors (Lipinski definition) is 2. The molecule has 3 nitrogen and oxygen atoms in total. The molecular weight excluding hydrogens is 128 g/mol. The van der Waals surface area contributed by atoms with Crippen molar-refractivity contribution in [1.82, 2.24) is 10.9 Å². The molecular formula is C7H16N2O. The van der Waals surface area contributed by atoms with Crippen LogP contribution in [0.15, 0.2) is 0 Å². The molecule has 10 heavy (non-hydrogen) atoms. The Morgan fingerprint density at radius 3 is 2.60 bits per heavy atom. The highest BCUT2D eigenvalue weighted by atomic mass is 16.2. The second kappa shape index (κ2) is 5.23. The van der Waals surface area contributed by atoms with Gasteiger partial charge in [0.1, 0.15) is 0 Å². The minimum atomic E-state index is 0.0735. The lowest BCUT2D eigenvalue weighted by atomic mass is 10.1. The van der Waals surface area contributed by atoms with Gasteiger partial charge >= 0.3 is 0 Å². The molecule has 0 fully saturated rings. The molecule has 0 saturated carbocycles. The number of nitrogens with one attached hydrogen (secondary N) is 2. The quantitative estimate of drug-likeness (QED) is 0.569. The highest BCUT2D eigenvalue weighted by molar-refractivity contribution is 5.77. The van der Waals surface area contributed by atoms with Crippen LogP contribution >= 0.6 is 0 Å². The van der Waals surface area contributed by atoms with Crippen molar-refractivity contribution in [3.63, 3.8) is 0 Å². The van der Waals surface area contributed by atoms with E-state index in [1.54, 1.807) is 7.05 Å². The molecule has 0 aromatic carbocycles. The number of hydrogen-bond donors (Lipinski definition) is 2. The normalized spacial score (nSPS) is 12.7. The fourth-order valence-electron chi connectivity index (χ4n) is 0.811. The summed E-state index contributed by atoms with van der Waals surface area (Å²) in [5.74, 6) is 0.196. The number of rotatable bonds is 4. The topological polar surface area (TPSA) is 41.1 Å². The van der Waals surface area contributed by atoms with Gasteiger partial charge in [0.25, 0.3) is 0 Å². The van der Waals surface area contributed by atoms with Crippen LogP contribution in [-0.4, -0.2) is 13.0 Å². The zero-order valence-electron chi connectivity index (χ0n) is 6.90. The first kappa shape index (κ1) is 9.43. The second-order valence-electron chi connectivity index (χ2n) is 2.43. The van der Waals surface area contributed by atoms with E-state index in [-0.39, 0.29) is 11.8 Å². The molecule has 0 aliphatic rings. The van der Waals surface area contributed by atoms with E-state index in [9.17, 15) is 4.79 Å². The third-order valence-corrected chi connectivity index (χ3v) is 1.42. The van der Waals surface area contributed by atoms with Crippen molar-refractivity contribution in [2.45, 2.75) is 26.7 Å². The Bertz CT molecular complexity index is 104. The van der Waals surface area contributed by atoms with Crippen LogP contribution in [0.1, 0.15) is 26.7 Å². The summed E-state index contributed by atoms with van der Waals surface area (Å²) in [7, 11) is 1.69. The molecule has 1 unspecified atom stereocenters. The van der Waals surface area contributed by atoms with E-state index < -0.39 is 0 Å². The van der Waals surface area contributed by atoms with Gasteiger partial charge in [-0.15, -0.1) is 0 Å². The van der Waals surface area contributed by atoms with E-state index in [1.165, 1.54) is 0 Å². The summed E-state index contributed by atoms with van der Waals surface area (Å²) in [6, 6.07) is 0. The second-order valence-corrected chi connectivity index (χ2v) is 2.43. The summed E-state index contributed by atoms with van der Waals surface area (Å²) in [4.78, 5) is 11.0. The molecule has 0 saturated heterocycles. The van der Waals surface area contributed by atoms with Gasteiger partial charge in [-0.05, 0) is 6.42 Å². The van der Waals surface area contributed by atoms with Crippen molar-refractivity contribution < 1.29 is 4.79 Å². The lowest BCUT2D eigenvalue weighted by Gasteiger charge is -2.08. The molecule has 0 bridgehead atoms. The van der Waals surface area contributed by atoms with Crippen LogP contribution in [0.5, 0.6) is 0 Å².